The zero-order valence-electron chi connectivity index (χ0n) is 33.4. The van der Waals surface area contributed by atoms with Crippen molar-refractivity contribution in [3.8, 4) is 11.5 Å². The molecule has 0 unspecified atom stereocenters. The Hall–Kier alpha value is -1.58. The molecule has 3 aliphatic heterocycles. The van der Waals surface area contributed by atoms with Crippen LogP contribution in [-0.2, 0) is 20.6 Å². The third-order valence-electron chi connectivity index (χ3n) is 12.0. The van der Waals surface area contributed by atoms with Crippen molar-refractivity contribution < 1.29 is 59.4 Å². The molecule has 0 aromatic heterocycles. The first-order chi connectivity index (χ1) is 25.0. The molecule has 1 aromatic carbocycles. The summed E-state index contributed by atoms with van der Waals surface area (Å²) in [6.45, 7) is 16.4. The van der Waals surface area contributed by atoms with Gasteiger partial charge in [0.25, 0.3) is 0 Å². The number of aliphatic hydroxyl groups is 7. The van der Waals surface area contributed by atoms with Crippen LogP contribution in [0.2, 0.25) is 0 Å². The van der Waals surface area contributed by atoms with E-state index in [1.807, 2.05) is 20.8 Å². The fourth-order valence-electron chi connectivity index (χ4n) is 8.10. The van der Waals surface area contributed by atoms with Gasteiger partial charge in [-0.2, -0.15) is 0 Å². The summed E-state index contributed by atoms with van der Waals surface area (Å²) in [6.07, 6.45) is -2.09. The number of ether oxygens (including phenoxy) is 5. The summed E-state index contributed by atoms with van der Waals surface area (Å²) < 4.78 is 30.0. The summed E-state index contributed by atoms with van der Waals surface area (Å²) in [5.74, 6) is 3.66. The summed E-state index contributed by atoms with van der Waals surface area (Å²) in [5, 5.41) is 72.3. The van der Waals surface area contributed by atoms with Crippen LogP contribution in [0.25, 0.3) is 0 Å². The molecule has 0 saturated carbocycles. The van der Waals surface area contributed by atoms with Gasteiger partial charge in [0.05, 0.1) is 13.2 Å². The number of hydrogen-bond acceptors (Lipinski definition) is 12. The lowest BCUT2D eigenvalue weighted by Crippen LogP contribution is -2.62. The Bertz CT molecular complexity index is 1290. The van der Waals surface area contributed by atoms with Crippen molar-refractivity contribution in [2.45, 2.75) is 193 Å². The molecule has 53 heavy (non-hydrogen) atoms. The lowest BCUT2D eigenvalue weighted by atomic mass is 9.83. The molecule has 0 aliphatic carbocycles. The lowest BCUT2D eigenvalue weighted by molar-refractivity contribution is -0.323. The van der Waals surface area contributed by atoms with Gasteiger partial charge in [-0.15, -0.1) is 0 Å². The average molecular weight is 755 g/mol. The van der Waals surface area contributed by atoms with E-state index in [4.69, 9.17) is 23.7 Å². The largest absolute Gasteiger partial charge is 0.487 e. The van der Waals surface area contributed by atoms with E-state index in [1.165, 1.54) is 44.9 Å². The first-order valence-electron chi connectivity index (χ1n) is 20.1. The van der Waals surface area contributed by atoms with Crippen molar-refractivity contribution >= 4 is 0 Å². The minimum absolute atomic E-state index is 0.277. The van der Waals surface area contributed by atoms with E-state index in [0.717, 1.165) is 65.5 Å². The van der Waals surface area contributed by atoms with Gasteiger partial charge in [0, 0.05) is 5.56 Å². The van der Waals surface area contributed by atoms with E-state index in [1.54, 1.807) is 0 Å². The van der Waals surface area contributed by atoms with Gasteiger partial charge in [0.2, 0.25) is 6.29 Å². The predicted molar refractivity (Wildman–Crippen MR) is 200 cm³/mol. The molecular formula is C41H70O12. The molecule has 7 N–H and O–H groups in total. The highest BCUT2D eigenvalue weighted by atomic mass is 16.7. The summed E-state index contributed by atoms with van der Waals surface area (Å²) in [4.78, 5) is 0. The standard InChI is InChI=1S/C41H70O12/c1-22(2)12-9-13-23(3)14-10-15-24(4)16-11-18-41(8)19-17-28-27(7)37(25(5)26(6)38(28)53-41)52-40-36(48)34(46)32(44)30(51-40)21-49-39-35(47)33(45)31(43)29(20-42)50-39/h22-24,29-36,39-40,42-48H,9-21H2,1-8H3/t23-,24-,29-,30-,31-,32-,33+,34+,35-,36-,39-,40+,41-/m1/s1. The summed E-state index contributed by atoms with van der Waals surface area (Å²) in [7, 11) is 0. The molecule has 2 fully saturated rings. The molecule has 0 amide bonds. The maximum absolute atomic E-state index is 10.9. The van der Waals surface area contributed by atoms with Crippen LogP contribution in [-0.4, -0.2) is 116 Å². The Balaban J connectivity index is 1.34. The van der Waals surface area contributed by atoms with Crippen LogP contribution < -0.4 is 9.47 Å². The number of aliphatic hydroxyl groups excluding tert-OH is 7. The topological polar surface area (TPSA) is 188 Å². The zero-order valence-corrected chi connectivity index (χ0v) is 33.4. The van der Waals surface area contributed by atoms with Crippen LogP contribution in [0.5, 0.6) is 11.5 Å². The SMILES string of the molecule is Cc1c(C)c2c(c(C)c1O[C@@H]1O[C@H](CO[C@@H]3O[C@H](CO)[C@@H](O)[C@H](O)[C@H]3O)[C@@H](O)[C@H](O)[C@H]1O)CC[C@@](C)(CCC[C@H](C)CCC[C@H](C)CCCC(C)C)O2. The highest BCUT2D eigenvalue weighted by molar-refractivity contribution is 5.59. The third-order valence-corrected chi connectivity index (χ3v) is 12.0. The lowest BCUT2D eigenvalue weighted by Gasteiger charge is -2.43. The molecule has 1 aromatic rings. The highest BCUT2D eigenvalue weighted by Gasteiger charge is 2.48. The Morgan fingerprint density at radius 2 is 1.23 bits per heavy atom. The maximum Gasteiger partial charge on any atom is 0.229 e. The highest BCUT2D eigenvalue weighted by Crippen LogP contribution is 2.46. The molecule has 0 radical (unpaired) electrons. The van der Waals surface area contributed by atoms with Crippen molar-refractivity contribution in [3.05, 3.63) is 22.3 Å². The summed E-state index contributed by atoms with van der Waals surface area (Å²) in [5.41, 5.74) is 3.34. The van der Waals surface area contributed by atoms with E-state index in [9.17, 15) is 35.7 Å². The van der Waals surface area contributed by atoms with Gasteiger partial charge in [-0.3, -0.25) is 0 Å². The quantitative estimate of drug-likeness (QED) is 0.114. The molecule has 0 spiro atoms. The van der Waals surface area contributed by atoms with E-state index in [2.05, 4.69) is 34.6 Å². The van der Waals surface area contributed by atoms with Crippen molar-refractivity contribution in [3.63, 3.8) is 0 Å². The molecule has 306 valence electrons. The average Bonchev–Trinajstić information content (AvgIpc) is 3.11. The second-order valence-corrected chi connectivity index (χ2v) is 17.1. The molecule has 3 aliphatic rings. The fourth-order valence-corrected chi connectivity index (χ4v) is 8.10. The first kappa shape index (κ1) is 44.1. The van der Waals surface area contributed by atoms with E-state index in [0.29, 0.717) is 11.7 Å². The van der Waals surface area contributed by atoms with Gasteiger partial charge >= 0.3 is 0 Å². The van der Waals surface area contributed by atoms with Crippen molar-refractivity contribution in [2.75, 3.05) is 13.2 Å². The fraction of sp³-hybridized carbons (Fsp3) is 0.854. The summed E-state index contributed by atoms with van der Waals surface area (Å²) in [6, 6.07) is 0. The van der Waals surface area contributed by atoms with Gasteiger partial charge < -0.3 is 59.4 Å². The second kappa shape index (κ2) is 19.5. The van der Waals surface area contributed by atoms with Crippen molar-refractivity contribution in [1.29, 1.82) is 0 Å². The van der Waals surface area contributed by atoms with E-state index >= 15 is 0 Å². The molecular weight excluding hydrogens is 684 g/mol. The molecule has 2 saturated heterocycles. The number of fused-ring (bicyclic) bond motifs is 1. The van der Waals surface area contributed by atoms with E-state index in [-0.39, 0.29) is 5.60 Å². The number of benzene rings is 1. The van der Waals surface area contributed by atoms with Gasteiger partial charge in [-0.25, -0.2) is 0 Å². The molecule has 3 heterocycles. The van der Waals surface area contributed by atoms with Gasteiger partial charge in [0.15, 0.2) is 6.29 Å². The minimum atomic E-state index is -1.65. The Labute approximate surface area is 316 Å². The molecule has 13 atom stereocenters. The minimum Gasteiger partial charge on any atom is -0.487 e. The maximum atomic E-state index is 10.9. The second-order valence-electron chi connectivity index (χ2n) is 17.1. The Kier molecular flexibility index (Phi) is 16.3. The first-order valence-corrected chi connectivity index (χ1v) is 20.1. The van der Waals surface area contributed by atoms with Gasteiger partial charge in [-0.05, 0) is 87.8 Å². The van der Waals surface area contributed by atoms with Gasteiger partial charge in [-0.1, -0.05) is 72.6 Å². The normalized spacial score (nSPS) is 34.4. The molecule has 12 heteroatoms. The predicted octanol–water partition coefficient (Wildman–Crippen LogP) is 4.14. The monoisotopic (exact) mass is 754 g/mol. The smallest absolute Gasteiger partial charge is 0.229 e. The number of rotatable bonds is 18. The van der Waals surface area contributed by atoms with Crippen LogP contribution in [0, 0.1) is 38.5 Å². The van der Waals surface area contributed by atoms with Crippen LogP contribution >= 0.6 is 0 Å². The Morgan fingerprint density at radius 1 is 0.679 bits per heavy atom. The number of hydrogen-bond donors (Lipinski definition) is 7. The summed E-state index contributed by atoms with van der Waals surface area (Å²) >= 11 is 0. The van der Waals surface area contributed by atoms with Crippen LogP contribution in [0.15, 0.2) is 0 Å². The van der Waals surface area contributed by atoms with Crippen LogP contribution in [0.1, 0.15) is 121 Å². The Morgan fingerprint density at radius 3 is 1.83 bits per heavy atom. The molecule has 12 nitrogen and oxygen atoms in total. The van der Waals surface area contributed by atoms with Crippen molar-refractivity contribution in [1.82, 2.24) is 0 Å². The third kappa shape index (κ3) is 11.1. The van der Waals surface area contributed by atoms with Crippen LogP contribution in [0.3, 0.4) is 0 Å². The van der Waals surface area contributed by atoms with Crippen molar-refractivity contribution in [2.24, 2.45) is 17.8 Å². The van der Waals surface area contributed by atoms with E-state index < -0.39 is 74.6 Å². The van der Waals surface area contributed by atoms with Gasteiger partial charge in [0.1, 0.15) is 65.9 Å². The zero-order chi connectivity index (χ0) is 39.2. The molecule has 4 rings (SSSR count). The molecule has 0 bridgehead atoms. The van der Waals surface area contributed by atoms with Crippen LogP contribution in [0.4, 0.5) is 0 Å².